The molecule has 9 heteroatoms. The van der Waals surface area contributed by atoms with Crippen LogP contribution in [0, 0.1) is 0 Å². The van der Waals surface area contributed by atoms with Crippen molar-refractivity contribution in [3.05, 3.63) is 107 Å². The van der Waals surface area contributed by atoms with E-state index in [-0.39, 0.29) is 23.9 Å². The first-order valence-electron chi connectivity index (χ1n) is 13.1. The number of fused-ring (bicyclic) bond motifs is 1. The molecule has 2 aromatic carbocycles. The normalized spacial score (nSPS) is 18.4. The highest BCUT2D eigenvalue weighted by molar-refractivity contribution is 8.00. The summed E-state index contributed by atoms with van der Waals surface area (Å²) in [4.78, 5) is 43.6. The number of hydrogen-bond acceptors (Lipinski definition) is 7. The maximum Gasteiger partial charge on any atom is 0.357 e. The zero-order valence-corrected chi connectivity index (χ0v) is 22.7. The van der Waals surface area contributed by atoms with Crippen molar-refractivity contribution in [2.24, 2.45) is 0 Å². The van der Waals surface area contributed by atoms with E-state index in [9.17, 15) is 14.4 Å². The van der Waals surface area contributed by atoms with Gasteiger partial charge in [0.05, 0.1) is 18.4 Å². The fraction of sp³-hybridized carbons (Fsp3) is 0.300. The summed E-state index contributed by atoms with van der Waals surface area (Å²) < 4.78 is 11.5. The number of carbonyl (C=O) groups excluding carboxylic acids is 3. The van der Waals surface area contributed by atoms with Crippen molar-refractivity contribution in [1.29, 1.82) is 0 Å². The van der Waals surface area contributed by atoms with Gasteiger partial charge in [-0.2, -0.15) is 0 Å². The van der Waals surface area contributed by atoms with E-state index in [4.69, 9.17) is 9.15 Å². The zero-order chi connectivity index (χ0) is 27.4. The van der Waals surface area contributed by atoms with E-state index in [1.165, 1.54) is 22.9 Å². The number of nitrogens with one attached hydrogen (secondary N) is 1. The molecule has 1 saturated heterocycles. The number of benzene rings is 2. The molecular formula is C30H31N3O5S. The van der Waals surface area contributed by atoms with Crippen LogP contribution >= 0.6 is 11.8 Å². The molecule has 2 amide bonds. The number of amides is 2. The number of nitrogens with zero attached hydrogens (tertiary/aromatic N) is 2. The summed E-state index contributed by atoms with van der Waals surface area (Å²) in [5.41, 5.74) is 2.68. The first-order chi connectivity index (χ1) is 19.0. The lowest BCUT2D eigenvalue weighted by molar-refractivity contribution is -0.155. The van der Waals surface area contributed by atoms with Crippen molar-refractivity contribution >= 4 is 29.5 Å². The Hall–Kier alpha value is -3.98. The summed E-state index contributed by atoms with van der Waals surface area (Å²) in [6.45, 7) is 5.39. The van der Waals surface area contributed by atoms with E-state index in [1.54, 1.807) is 12.1 Å². The Labute approximate surface area is 232 Å². The maximum absolute atomic E-state index is 14.0. The monoisotopic (exact) mass is 545 g/mol. The van der Waals surface area contributed by atoms with E-state index in [1.807, 2.05) is 74.5 Å². The molecule has 0 radical (unpaired) electrons. The van der Waals surface area contributed by atoms with Gasteiger partial charge in [-0.05, 0) is 37.1 Å². The summed E-state index contributed by atoms with van der Waals surface area (Å²) in [5, 5.41) is 2.43. The summed E-state index contributed by atoms with van der Waals surface area (Å²) in [6, 6.07) is 21.8. The highest BCUT2D eigenvalue weighted by Gasteiger charge is 2.55. The van der Waals surface area contributed by atoms with Gasteiger partial charge in [-0.1, -0.05) is 60.7 Å². The minimum absolute atomic E-state index is 0.0411. The third kappa shape index (κ3) is 5.45. The number of furan rings is 1. The van der Waals surface area contributed by atoms with Gasteiger partial charge in [0.15, 0.2) is 11.8 Å². The molecule has 202 valence electrons. The minimum Gasteiger partial charge on any atom is -0.469 e. The Bertz CT molecular complexity index is 1300. The van der Waals surface area contributed by atoms with Gasteiger partial charge in [-0.25, -0.2) is 4.79 Å². The number of ether oxygens (including phenoxy) is 1. The summed E-state index contributed by atoms with van der Waals surface area (Å²) >= 11 is 1.53. The quantitative estimate of drug-likeness (QED) is 0.303. The number of hydrogen-bond donors (Lipinski definition) is 1. The SMILES string of the molecule is CCN(CC)C1=C(C(=O)OC(c2ccccc2)c2ccccc2)N2C(=O)C(NC(=O)Cc3ccco3)[C@H]2SC1. The average molecular weight is 546 g/mol. The second-order valence-electron chi connectivity index (χ2n) is 9.29. The zero-order valence-electron chi connectivity index (χ0n) is 21.9. The molecular weight excluding hydrogens is 514 g/mol. The number of thioether (sulfide) groups is 1. The topological polar surface area (TPSA) is 92.1 Å². The van der Waals surface area contributed by atoms with Gasteiger partial charge in [0.2, 0.25) is 5.91 Å². The number of carbonyl (C=O) groups is 3. The molecule has 0 aliphatic carbocycles. The molecule has 2 atom stereocenters. The standard InChI is InChI=1S/C30H31N3O5S/c1-3-32(4-2)23-19-39-29-25(31-24(34)18-22-16-11-17-37-22)28(35)33(29)26(23)30(36)38-27(20-12-7-5-8-13-20)21-14-9-6-10-15-21/h5-17,25,27,29H,3-4,18-19H2,1-2H3,(H,31,34)/t25?,29-/m1/s1. The van der Waals surface area contributed by atoms with Crippen molar-refractivity contribution in [2.45, 2.75) is 37.8 Å². The fourth-order valence-corrected chi connectivity index (χ4v) is 6.37. The first-order valence-corrected chi connectivity index (χ1v) is 14.1. The van der Waals surface area contributed by atoms with Gasteiger partial charge >= 0.3 is 5.97 Å². The molecule has 2 aliphatic rings. The van der Waals surface area contributed by atoms with Crippen LogP contribution in [0.3, 0.4) is 0 Å². The van der Waals surface area contributed by atoms with Crippen molar-refractivity contribution in [1.82, 2.24) is 15.1 Å². The van der Waals surface area contributed by atoms with Crippen molar-refractivity contribution < 1.29 is 23.5 Å². The van der Waals surface area contributed by atoms with Gasteiger partial charge in [-0.15, -0.1) is 11.8 Å². The molecule has 0 saturated carbocycles. The van der Waals surface area contributed by atoms with Crippen LogP contribution in [0.4, 0.5) is 0 Å². The van der Waals surface area contributed by atoms with Crippen molar-refractivity contribution in [3.63, 3.8) is 0 Å². The lowest BCUT2D eigenvalue weighted by Gasteiger charge is -2.50. The van der Waals surface area contributed by atoms with Gasteiger partial charge in [0, 0.05) is 18.8 Å². The van der Waals surface area contributed by atoms with E-state index < -0.39 is 23.5 Å². The Morgan fingerprint density at radius 1 is 1.03 bits per heavy atom. The predicted octanol–water partition coefficient (Wildman–Crippen LogP) is 4.11. The minimum atomic E-state index is -0.724. The molecule has 2 aliphatic heterocycles. The molecule has 5 rings (SSSR count). The van der Waals surface area contributed by atoms with E-state index >= 15 is 0 Å². The smallest absolute Gasteiger partial charge is 0.357 e. The largest absolute Gasteiger partial charge is 0.469 e. The van der Waals surface area contributed by atoms with Crippen LogP contribution in [0.1, 0.15) is 36.8 Å². The second-order valence-corrected chi connectivity index (χ2v) is 10.4. The van der Waals surface area contributed by atoms with E-state index in [0.29, 0.717) is 24.6 Å². The van der Waals surface area contributed by atoms with Crippen molar-refractivity contribution in [2.75, 3.05) is 18.8 Å². The third-order valence-corrected chi connectivity index (χ3v) is 8.21. The van der Waals surface area contributed by atoms with Crippen LogP contribution in [0.15, 0.2) is 94.9 Å². The summed E-state index contributed by atoms with van der Waals surface area (Å²) in [5.74, 6) is -0.152. The van der Waals surface area contributed by atoms with Gasteiger partial charge in [0.1, 0.15) is 17.2 Å². The lowest BCUT2D eigenvalue weighted by atomic mass is 10.0. The van der Waals surface area contributed by atoms with Crippen LogP contribution in [-0.2, 0) is 25.5 Å². The van der Waals surface area contributed by atoms with Crippen LogP contribution < -0.4 is 5.32 Å². The number of rotatable bonds is 10. The molecule has 39 heavy (non-hydrogen) atoms. The molecule has 0 bridgehead atoms. The molecule has 3 aromatic rings. The molecule has 1 unspecified atom stereocenters. The highest BCUT2D eigenvalue weighted by atomic mass is 32.2. The van der Waals surface area contributed by atoms with Crippen molar-refractivity contribution in [3.8, 4) is 0 Å². The Kier molecular flexibility index (Phi) is 8.07. The molecule has 0 spiro atoms. The van der Waals surface area contributed by atoms with Crippen LogP contribution in [0.2, 0.25) is 0 Å². The molecule has 1 aromatic heterocycles. The summed E-state index contributed by atoms with van der Waals surface area (Å²) in [6.07, 6.45) is 0.906. The van der Waals surface area contributed by atoms with Crippen LogP contribution in [-0.4, -0.2) is 57.8 Å². The third-order valence-electron chi connectivity index (χ3n) is 6.95. The number of β-lactam (4-membered cyclic amide) rings is 1. The average Bonchev–Trinajstić information content (AvgIpc) is 3.48. The molecule has 1 N–H and O–H groups in total. The number of esters is 1. The predicted molar refractivity (Wildman–Crippen MR) is 148 cm³/mol. The Balaban J connectivity index is 1.42. The maximum atomic E-state index is 14.0. The molecule has 8 nitrogen and oxygen atoms in total. The van der Waals surface area contributed by atoms with Gasteiger partial charge in [0.25, 0.3) is 5.91 Å². The molecule has 3 heterocycles. The Morgan fingerprint density at radius 2 is 1.67 bits per heavy atom. The van der Waals surface area contributed by atoms with Gasteiger partial charge in [-0.3, -0.25) is 14.5 Å². The van der Waals surface area contributed by atoms with E-state index in [0.717, 1.165) is 16.8 Å². The molecule has 1 fully saturated rings. The highest BCUT2D eigenvalue weighted by Crippen LogP contribution is 2.42. The lowest BCUT2D eigenvalue weighted by Crippen LogP contribution is -2.71. The first kappa shape index (κ1) is 26.6. The fourth-order valence-electron chi connectivity index (χ4n) is 4.98. The van der Waals surface area contributed by atoms with Gasteiger partial charge < -0.3 is 19.4 Å². The second kappa shape index (κ2) is 11.8. The van der Waals surface area contributed by atoms with E-state index in [2.05, 4.69) is 10.2 Å². The van der Waals surface area contributed by atoms with Crippen LogP contribution in [0.25, 0.3) is 0 Å². The van der Waals surface area contributed by atoms with Crippen LogP contribution in [0.5, 0.6) is 0 Å². The summed E-state index contributed by atoms with van der Waals surface area (Å²) in [7, 11) is 0. The Morgan fingerprint density at radius 3 is 2.23 bits per heavy atom.